The Morgan fingerprint density at radius 1 is 1.15 bits per heavy atom. The Hall–Kier alpha value is -3.08. The molecule has 1 aromatic heterocycles. The molecule has 176 valence electrons. The second-order valence-electron chi connectivity index (χ2n) is 8.90. The van der Waals surface area contributed by atoms with Gasteiger partial charge in [-0.25, -0.2) is 22.6 Å². The van der Waals surface area contributed by atoms with Crippen LogP contribution in [-0.4, -0.2) is 43.3 Å². The van der Waals surface area contributed by atoms with Gasteiger partial charge in [0.1, 0.15) is 0 Å². The molecule has 3 amide bonds. The number of urea groups is 1. The SMILES string of the molecule is CC(=O)NCC1COc2c(S(=O)(=O)NC(=O)Nc3cc4c(c5c3CCC5)CCC4)cnn2C1. The number of aromatic nitrogens is 2. The van der Waals surface area contributed by atoms with Gasteiger partial charge in [0.25, 0.3) is 10.0 Å². The van der Waals surface area contributed by atoms with Crippen LogP contribution in [0, 0.1) is 5.92 Å². The average Bonchev–Trinajstić information content (AvgIpc) is 3.49. The van der Waals surface area contributed by atoms with E-state index in [2.05, 4.69) is 20.5 Å². The highest BCUT2D eigenvalue weighted by Gasteiger charge is 2.32. The highest BCUT2D eigenvalue weighted by molar-refractivity contribution is 7.90. The van der Waals surface area contributed by atoms with Crippen molar-refractivity contribution in [3.8, 4) is 5.88 Å². The summed E-state index contributed by atoms with van der Waals surface area (Å²) in [6.07, 6.45) is 7.30. The van der Waals surface area contributed by atoms with Crippen LogP contribution in [0.2, 0.25) is 0 Å². The third kappa shape index (κ3) is 4.17. The molecule has 0 saturated heterocycles. The first kappa shape index (κ1) is 21.7. The van der Waals surface area contributed by atoms with Crippen molar-refractivity contribution in [2.75, 3.05) is 18.5 Å². The number of anilines is 1. The van der Waals surface area contributed by atoms with Crippen LogP contribution >= 0.6 is 0 Å². The molecule has 1 unspecified atom stereocenters. The number of rotatable bonds is 5. The van der Waals surface area contributed by atoms with E-state index in [1.807, 2.05) is 6.07 Å². The number of carbonyl (C=O) groups excluding carboxylic acids is 2. The van der Waals surface area contributed by atoms with Gasteiger partial charge >= 0.3 is 6.03 Å². The molecule has 0 saturated carbocycles. The summed E-state index contributed by atoms with van der Waals surface area (Å²) in [6, 6.07) is 1.19. The zero-order chi connectivity index (χ0) is 23.2. The number of amides is 3. The van der Waals surface area contributed by atoms with E-state index in [1.54, 1.807) is 0 Å². The van der Waals surface area contributed by atoms with Gasteiger partial charge in [0.15, 0.2) is 4.90 Å². The Bertz CT molecular complexity index is 1240. The Kier molecular flexibility index (Phi) is 5.51. The molecule has 10 nitrogen and oxygen atoms in total. The van der Waals surface area contributed by atoms with Gasteiger partial charge in [0.2, 0.25) is 11.8 Å². The first-order valence-corrected chi connectivity index (χ1v) is 12.7. The summed E-state index contributed by atoms with van der Waals surface area (Å²) in [5.41, 5.74) is 5.82. The van der Waals surface area contributed by atoms with E-state index in [9.17, 15) is 18.0 Å². The first-order valence-electron chi connectivity index (χ1n) is 11.2. The number of carbonyl (C=O) groups is 2. The summed E-state index contributed by atoms with van der Waals surface area (Å²) >= 11 is 0. The minimum absolute atomic E-state index is 0.0324. The minimum atomic E-state index is -4.19. The van der Waals surface area contributed by atoms with Gasteiger partial charge in [0, 0.05) is 25.1 Å². The largest absolute Gasteiger partial charge is 0.476 e. The van der Waals surface area contributed by atoms with Gasteiger partial charge in [-0.15, -0.1) is 0 Å². The summed E-state index contributed by atoms with van der Waals surface area (Å²) in [6.45, 7) is 2.48. The highest BCUT2D eigenvalue weighted by atomic mass is 32.2. The molecule has 0 radical (unpaired) electrons. The first-order chi connectivity index (χ1) is 15.8. The lowest BCUT2D eigenvalue weighted by molar-refractivity contribution is -0.119. The second kappa shape index (κ2) is 8.36. The van der Waals surface area contributed by atoms with Crippen LogP contribution < -0.4 is 20.1 Å². The normalized spacial score (nSPS) is 18.6. The molecule has 2 heterocycles. The van der Waals surface area contributed by atoms with Gasteiger partial charge in [-0.05, 0) is 66.8 Å². The summed E-state index contributed by atoms with van der Waals surface area (Å²) in [7, 11) is -4.19. The lowest BCUT2D eigenvalue weighted by atomic mass is 9.98. The van der Waals surface area contributed by atoms with Crippen molar-refractivity contribution in [3.63, 3.8) is 0 Å². The molecule has 1 aromatic carbocycles. The lowest BCUT2D eigenvalue weighted by Gasteiger charge is -2.24. The fraction of sp³-hybridized carbons (Fsp3) is 0.500. The van der Waals surface area contributed by atoms with Crippen LogP contribution in [0.15, 0.2) is 17.2 Å². The van der Waals surface area contributed by atoms with Crippen molar-refractivity contribution in [1.82, 2.24) is 19.8 Å². The van der Waals surface area contributed by atoms with E-state index in [-0.39, 0.29) is 29.2 Å². The number of hydrogen-bond acceptors (Lipinski definition) is 6. The van der Waals surface area contributed by atoms with E-state index in [0.29, 0.717) is 18.8 Å². The van der Waals surface area contributed by atoms with Crippen molar-refractivity contribution in [3.05, 3.63) is 34.5 Å². The third-order valence-corrected chi connectivity index (χ3v) is 7.85. The van der Waals surface area contributed by atoms with Crippen LogP contribution in [0.25, 0.3) is 0 Å². The number of hydrogen-bond donors (Lipinski definition) is 3. The van der Waals surface area contributed by atoms with Crippen molar-refractivity contribution in [2.45, 2.75) is 56.9 Å². The second-order valence-corrected chi connectivity index (χ2v) is 10.5. The standard InChI is InChI=1S/C22H27N5O5S/c1-13(28)23-9-14-11-27-21(32-12-14)20(10-24-27)33(30,31)26-22(29)25-19-8-15-4-2-5-16(15)17-6-3-7-18(17)19/h8,10,14H,2-7,9,11-12H2,1H3,(H,23,28)(H2,25,26,29). The molecule has 1 aliphatic heterocycles. The molecule has 0 bridgehead atoms. The molecule has 0 spiro atoms. The molecular weight excluding hydrogens is 446 g/mol. The van der Waals surface area contributed by atoms with Gasteiger partial charge in [-0.2, -0.15) is 5.10 Å². The van der Waals surface area contributed by atoms with E-state index >= 15 is 0 Å². The molecule has 2 aliphatic carbocycles. The van der Waals surface area contributed by atoms with E-state index in [1.165, 1.54) is 34.5 Å². The molecule has 3 N–H and O–H groups in total. The number of ether oxygens (including phenoxy) is 1. The number of nitrogens with zero attached hydrogens (tertiary/aromatic N) is 2. The number of benzene rings is 1. The van der Waals surface area contributed by atoms with Crippen LogP contribution in [0.5, 0.6) is 5.88 Å². The van der Waals surface area contributed by atoms with Gasteiger partial charge in [-0.3, -0.25) is 4.79 Å². The number of aryl methyl sites for hydroxylation is 1. The predicted octanol–water partition coefficient (Wildman–Crippen LogP) is 1.52. The topological polar surface area (TPSA) is 131 Å². The minimum Gasteiger partial charge on any atom is -0.476 e. The van der Waals surface area contributed by atoms with Crippen molar-refractivity contribution >= 4 is 27.6 Å². The zero-order valence-corrected chi connectivity index (χ0v) is 19.3. The summed E-state index contributed by atoms with van der Waals surface area (Å²) in [4.78, 5) is 23.6. The molecular formula is C22H27N5O5S. The van der Waals surface area contributed by atoms with Crippen molar-refractivity contribution < 1.29 is 22.7 Å². The van der Waals surface area contributed by atoms with Crippen LogP contribution in [0.1, 0.15) is 42.0 Å². The Balaban J connectivity index is 1.30. The quantitative estimate of drug-likeness (QED) is 0.603. The third-order valence-electron chi connectivity index (χ3n) is 6.54. The van der Waals surface area contributed by atoms with E-state index in [0.717, 1.165) is 44.1 Å². The molecule has 0 fully saturated rings. The molecule has 2 aromatic rings. The number of fused-ring (bicyclic) bond motifs is 4. The van der Waals surface area contributed by atoms with Gasteiger partial charge < -0.3 is 15.4 Å². The number of nitrogens with one attached hydrogen (secondary N) is 3. The smallest absolute Gasteiger partial charge is 0.333 e. The maximum Gasteiger partial charge on any atom is 0.333 e. The summed E-state index contributed by atoms with van der Waals surface area (Å²) in [5, 5.41) is 9.60. The van der Waals surface area contributed by atoms with Crippen LogP contribution in [0.4, 0.5) is 10.5 Å². The molecule has 33 heavy (non-hydrogen) atoms. The van der Waals surface area contributed by atoms with Crippen molar-refractivity contribution in [1.29, 1.82) is 0 Å². The molecule has 1 atom stereocenters. The average molecular weight is 474 g/mol. The van der Waals surface area contributed by atoms with Crippen LogP contribution in [0.3, 0.4) is 0 Å². The molecule has 5 rings (SSSR count). The van der Waals surface area contributed by atoms with Gasteiger partial charge in [0.05, 0.1) is 19.3 Å². The Labute approximate surface area is 192 Å². The Morgan fingerprint density at radius 3 is 2.73 bits per heavy atom. The number of sulfonamides is 1. The fourth-order valence-corrected chi connectivity index (χ4v) is 6.05. The van der Waals surface area contributed by atoms with Crippen molar-refractivity contribution in [2.24, 2.45) is 5.92 Å². The van der Waals surface area contributed by atoms with E-state index < -0.39 is 16.1 Å². The summed E-state index contributed by atoms with van der Waals surface area (Å²) in [5.74, 6) is -0.0865. The fourth-order valence-electron chi connectivity index (χ4n) is 5.07. The molecule has 11 heteroatoms. The monoisotopic (exact) mass is 473 g/mol. The maximum absolute atomic E-state index is 12.9. The van der Waals surface area contributed by atoms with Gasteiger partial charge in [-0.1, -0.05) is 0 Å². The summed E-state index contributed by atoms with van der Waals surface area (Å²) < 4.78 is 35.0. The molecule has 3 aliphatic rings. The highest BCUT2D eigenvalue weighted by Crippen LogP contribution is 2.38. The predicted molar refractivity (Wildman–Crippen MR) is 120 cm³/mol. The van der Waals surface area contributed by atoms with E-state index in [4.69, 9.17) is 4.74 Å². The van der Waals surface area contributed by atoms with Crippen LogP contribution in [-0.2, 0) is 47.0 Å². The Morgan fingerprint density at radius 2 is 1.91 bits per heavy atom. The maximum atomic E-state index is 12.9. The zero-order valence-electron chi connectivity index (χ0n) is 18.4. The lowest BCUT2D eigenvalue weighted by Crippen LogP contribution is -2.37.